The lowest BCUT2D eigenvalue weighted by atomic mass is 10.0. The summed E-state index contributed by atoms with van der Waals surface area (Å²) in [7, 11) is 0. The Bertz CT molecular complexity index is 1140. The number of piperazine rings is 1. The lowest BCUT2D eigenvalue weighted by Gasteiger charge is -2.36. The van der Waals surface area contributed by atoms with Crippen molar-refractivity contribution in [2.45, 2.75) is 32.7 Å². The van der Waals surface area contributed by atoms with Gasteiger partial charge in [-0.05, 0) is 49.2 Å². The number of halogens is 1. The second kappa shape index (κ2) is 11.0. The molecule has 1 N–H and O–H groups in total. The van der Waals surface area contributed by atoms with E-state index >= 15 is 0 Å². The van der Waals surface area contributed by atoms with E-state index in [-0.39, 0.29) is 24.4 Å². The van der Waals surface area contributed by atoms with Crippen molar-refractivity contribution in [2.75, 3.05) is 37.6 Å². The number of carbonyl (C=O) groups is 2. The van der Waals surface area contributed by atoms with Crippen molar-refractivity contribution < 1.29 is 9.59 Å². The van der Waals surface area contributed by atoms with Gasteiger partial charge in [-0.2, -0.15) is 0 Å². The third-order valence-corrected chi connectivity index (χ3v) is 6.88. The van der Waals surface area contributed by atoms with Crippen LogP contribution in [0.5, 0.6) is 0 Å². The monoisotopic (exact) mass is 493 g/mol. The molecule has 2 heterocycles. The Hall–Kier alpha value is -3.32. The molecule has 0 spiro atoms. The summed E-state index contributed by atoms with van der Waals surface area (Å²) in [4.78, 5) is 36.1. The lowest BCUT2D eigenvalue weighted by molar-refractivity contribution is -0.121. The summed E-state index contributed by atoms with van der Waals surface area (Å²) in [6.45, 7) is 11.2. The molecule has 0 aliphatic carbocycles. The molecule has 184 valence electrons. The predicted molar refractivity (Wildman–Crippen MR) is 142 cm³/mol. The van der Waals surface area contributed by atoms with Crippen LogP contribution in [-0.2, 0) is 4.79 Å². The molecular formula is C27H32ClN5O2. The average molecular weight is 494 g/mol. The van der Waals surface area contributed by atoms with E-state index in [1.54, 1.807) is 11.2 Å². The summed E-state index contributed by atoms with van der Waals surface area (Å²) in [6.07, 6.45) is 3.41. The first-order valence-electron chi connectivity index (χ1n) is 12.1. The molecule has 1 saturated heterocycles. The first kappa shape index (κ1) is 24.8. The Balaban J connectivity index is 1.41. The number of nitrogens with zero attached hydrogens (tertiary/aromatic N) is 4. The smallest absolute Gasteiger partial charge is 0.253 e. The molecule has 8 heteroatoms. The summed E-state index contributed by atoms with van der Waals surface area (Å²) >= 11 is 6.13. The van der Waals surface area contributed by atoms with E-state index in [0.717, 1.165) is 42.9 Å². The average Bonchev–Trinajstić information content (AvgIpc) is 2.88. The fraction of sp³-hybridized carbons (Fsp3) is 0.370. The topological polar surface area (TPSA) is 68.2 Å². The van der Waals surface area contributed by atoms with E-state index in [2.05, 4.69) is 35.6 Å². The molecule has 0 bridgehead atoms. The molecule has 4 rings (SSSR count). The van der Waals surface area contributed by atoms with E-state index in [4.69, 9.17) is 11.6 Å². The molecule has 1 fully saturated rings. The van der Waals surface area contributed by atoms with E-state index in [0.29, 0.717) is 29.4 Å². The highest BCUT2D eigenvalue weighted by atomic mass is 35.5. The SMILES string of the molecule is C=C1c2cc(C(=O)N3CCN(c4cccc(Cl)c4)CC3)ccc2N=CN1CC(=O)NC(CC)CC. The van der Waals surface area contributed by atoms with Crippen molar-refractivity contribution in [3.63, 3.8) is 0 Å². The van der Waals surface area contributed by atoms with Crippen LogP contribution < -0.4 is 10.2 Å². The second-order valence-corrected chi connectivity index (χ2v) is 9.33. The van der Waals surface area contributed by atoms with Crippen LogP contribution in [0.15, 0.2) is 54.0 Å². The van der Waals surface area contributed by atoms with Gasteiger partial charge in [0.05, 0.1) is 12.0 Å². The Labute approximate surface area is 212 Å². The summed E-state index contributed by atoms with van der Waals surface area (Å²) in [5.74, 6) is -0.0847. The zero-order valence-electron chi connectivity index (χ0n) is 20.3. The Morgan fingerprint density at radius 3 is 2.51 bits per heavy atom. The minimum atomic E-state index is -0.0699. The number of aliphatic imine (C=N–C) groups is 1. The van der Waals surface area contributed by atoms with Crippen molar-refractivity contribution in [3.05, 3.63) is 65.2 Å². The quantitative estimate of drug-likeness (QED) is 0.614. The van der Waals surface area contributed by atoms with Gasteiger partial charge in [-0.15, -0.1) is 0 Å². The lowest BCUT2D eigenvalue weighted by Crippen LogP contribution is -2.48. The Morgan fingerprint density at radius 2 is 1.83 bits per heavy atom. The molecule has 2 aliphatic rings. The summed E-state index contributed by atoms with van der Waals surface area (Å²) in [5, 5.41) is 3.75. The molecule has 2 aliphatic heterocycles. The first-order chi connectivity index (χ1) is 16.9. The van der Waals surface area contributed by atoms with Crippen LogP contribution >= 0.6 is 11.6 Å². The fourth-order valence-corrected chi connectivity index (χ4v) is 4.63. The molecular weight excluding hydrogens is 462 g/mol. The molecule has 7 nitrogen and oxygen atoms in total. The largest absolute Gasteiger partial charge is 0.368 e. The van der Waals surface area contributed by atoms with E-state index < -0.39 is 0 Å². The number of benzene rings is 2. The Kier molecular flexibility index (Phi) is 7.76. The van der Waals surface area contributed by atoms with Crippen molar-refractivity contribution in [2.24, 2.45) is 4.99 Å². The van der Waals surface area contributed by atoms with Crippen LogP contribution in [0.25, 0.3) is 5.70 Å². The normalized spacial score (nSPS) is 15.4. The van der Waals surface area contributed by atoms with Gasteiger partial charge in [-0.1, -0.05) is 38.1 Å². The molecule has 0 radical (unpaired) electrons. The van der Waals surface area contributed by atoms with Crippen molar-refractivity contribution in [3.8, 4) is 0 Å². The Morgan fingerprint density at radius 1 is 1.09 bits per heavy atom. The number of hydrogen-bond donors (Lipinski definition) is 1. The maximum absolute atomic E-state index is 13.3. The maximum Gasteiger partial charge on any atom is 0.253 e. The highest BCUT2D eigenvalue weighted by Gasteiger charge is 2.25. The number of anilines is 1. The van der Waals surface area contributed by atoms with E-state index in [1.807, 2.05) is 47.4 Å². The molecule has 0 aromatic heterocycles. The summed E-state index contributed by atoms with van der Waals surface area (Å²) in [5.41, 5.74) is 3.84. The number of rotatable bonds is 7. The number of carbonyl (C=O) groups excluding carboxylic acids is 2. The van der Waals surface area contributed by atoms with Gasteiger partial charge in [0.2, 0.25) is 5.91 Å². The van der Waals surface area contributed by atoms with Gasteiger partial charge in [0.25, 0.3) is 5.91 Å². The van der Waals surface area contributed by atoms with Gasteiger partial charge >= 0.3 is 0 Å². The van der Waals surface area contributed by atoms with Crippen LogP contribution in [0, 0.1) is 0 Å². The number of hydrogen-bond acceptors (Lipinski definition) is 5. The number of nitrogens with one attached hydrogen (secondary N) is 1. The predicted octanol–water partition coefficient (Wildman–Crippen LogP) is 4.55. The zero-order valence-corrected chi connectivity index (χ0v) is 21.1. The van der Waals surface area contributed by atoms with Crippen molar-refractivity contribution in [1.82, 2.24) is 15.1 Å². The third-order valence-electron chi connectivity index (χ3n) is 6.64. The highest BCUT2D eigenvalue weighted by molar-refractivity contribution is 6.30. The molecule has 2 aromatic carbocycles. The van der Waals surface area contributed by atoms with Crippen LogP contribution in [0.1, 0.15) is 42.6 Å². The zero-order chi connectivity index (χ0) is 24.9. The van der Waals surface area contributed by atoms with Crippen LogP contribution in [0.2, 0.25) is 5.02 Å². The molecule has 0 atom stereocenters. The van der Waals surface area contributed by atoms with Crippen LogP contribution in [-0.4, -0.2) is 66.7 Å². The maximum atomic E-state index is 13.3. The van der Waals surface area contributed by atoms with Gasteiger partial charge in [0, 0.05) is 59.8 Å². The van der Waals surface area contributed by atoms with E-state index in [9.17, 15) is 9.59 Å². The van der Waals surface area contributed by atoms with Gasteiger partial charge in [0.1, 0.15) is 6.54 Å². The van der Waals surface area contributed by atoms with Crippen LogP contribution in [0.3, 0.4) is 0 Å². The molecule has 0 unspecified atom stereocenters. The minimum absolute atomic E-state index is 0.0149. The molecule has 2 aromatic rings. The second-order valence-electron chi connectivity index (χ2n) is 8.89. The summed E-state index contributed by atoms with van der Waals surface area (Å²) in [6, 6.07) is 13.4. The standard InChI is InChI=1S/C27H32ClN5O2/c1-4-22(5-2)30-26(34)17-33-18-29-25-10-9-20(15-24(25)19(33)3)27(35)32-13-11-31(12-14-32)23-8-6-7-21(28)16-23/h6-10,15-16,18,22H,3-5,11-14,17H2,1-2H3,(H,30,34). The molecule has 35 heavy (non-hydrogen) atoms. The molecule has 0 saturated carbocycles. The van der Waals surface area contributed by atoms with Crippen molar-refractivity contribution in [1.29, 1.82) is 0 Å². The fourth-order valence-electron chi connectivity index (χ4n) is 4.45. The van der Waals surface area contributed by atoms with Crippen molar-refractivity contribution >= 4 is 46.8 Å². The number of amides is 2. The highest BCUT2D eigenvalue weighted by Crippen LogP contribution is 2.32. The third kappa shape index (κ3) is 5.68. The first-order valence-corrected chi connectivity index (χ1v) is 12.5. The number of fused-ring (bicyclic) bond motifs is 1. The van der Waals surface area contributed by atoms with Gasteiger partial charge in [-0.3, -0.25) is 9.59 Å². The minimum Gasteiger partial charge on any atom is -0.368 e. The van der Waals surface area contributed by atoms with Crippen LogP contribution in [0.4, 0.5) is 11.4 Å². The van der Waals surface area contributed by atoms with Gasteiger partial charge in [0.15, 0.2) is 0 Å². The van der Waals surface area contributed by atoms with E-state index in [1.165, 1.54) is 0 Å². The van der Waals surface area contributed by atoms with Gasteiger partial charge < -0.3 is 20.0 Å². The van der Waals surface area contributed by atoms with Gasteiger partial charge in [-0.25, -0.2) is 4.99 Å². The summed E-state index contributed by atoms with van der Waals surface area (Å²) < 4.78 is 0. The molecule has 2 amide bonds.